The van der Waals surface area contributed by atoms with E-state index in [-0.39, 0.29) is 5.91 Å². The summed E-state index contributed by atoms with van der Waals surface area (Å²) < 4.78 is 0. The van der Waals surface area contributed by atoms with Crippen molar-refractivity contribution in [2.45, 2.75) is 50.2 Å². The zero-order valence-electron chi connectivity index (χ0n) is 12.5. The zero-order chi connectivity index (χ0) is 14.8. The molecule has 5 nitrogen and oxygen atoms in total. The molecule has 1 aromatic carbocycles. The van der Waals surface area contributed by atoms with Crippen molar-refractivity contribution in [1.82, 2.24) is 10.2 Å². The Labute approximate surface area is 125 Å². The van der Waals surface area contributed by atoms with E-state index in [0.29, 0.717) is 23.7 Å². The molecule has 1 aromatic rings. The summed E-state index contributed by atoms with van der Waals surface area (Å²) in [6, 6.07) is 8.81. The van der Waals surface area contributed by atoms with Gasteiger partial charge in [0.2, 0.25) is 0 Å². The third-order valence-electron chi connectivity index (χ3n) is 4.99. The topological polar surface area (TPSA) is 70.4 Å². The van der Waals surface area contributed by atoms with E-state index in [0.717, 1.165) is 18.5 Å². The van der Waals surface area contributed by atoms with E-state index in [2.05, 4.69) is 22.7 Å². The predicted octanol–water partition coefficient (Wildman–Crippen LogP) is 1.72. The number of anilines is 1. The maximum Gasteiger partial charge on any atom is 0.251 e. The Morgan fingerprint density at radius 3 is 2.38 bits per heavy atom. The molecule has 0 spiro atoms. The summed E-state index contributed by atoms with van der Waals surface area (Å²) in [7, 11) is 2.23. The second-order valence-corrected chi connectivity index (χ2v) is 6.27. The van der Waals surface area contributed by atoms with Crippen molar-refractivity contribution in [3.8, 4) is 0 Å². The van der Waals surface area contributed by atoms with Crippen molar-refractivity contribution in [3.05, 3.63) is 29.8 Å². The van der Waals surface area contributed by atoms with Gasteiger partial charge in [0.25, 0.3) is 5.91 Å². The zero-order valence-corrected chi connectivity index (χ0v) is 12.5. The summed E-state index contributed by atoms with van der Waals surface area (Å²) in [5, 5.41) is 3.20. The summed E-state index contributed by atoms with van der Waals surface area (Å²) >= 11 is 0. The first-order valence-corrected chi connectivity index (χ1v) is 7.77. The molecule has 4 N–H and O–H groups in total. The van der Waals surface area contributed by atoms with Crippen LogP contribution in [-0.4, -0.2) is 36.0 Å². The second kappa shape index (κ2) is 6.03. The van der Waals surface area contributed by atoms with E-state index in [1.54, 1.807) is 12.1 Å². The first-order valence-electron chi connectivity index (χ1n) is 7.77. The number of hydrogen-bond donors (Lipinski definition) is 3. The van der Waals surface area contributed by atoms with Crippen molar-refractivity contribution in [2.24, 2.45) is 5.84 Å². The quantitative estimate of drug-likeness (QED) is 0.585. The highest BCUT2D eigenvalue weighted by molar-refractivity contribution is 5.94. The molecule has 2 bridgehead atoms. The summed E-state index contributed by atoms with van der Waals surface area (Å²) in [5.41, 5.74) is 4.07. The van der Waals surface area contributed by atoms with E-state index in [4.69, 9.17) is 5.84 Å². The number of amides is 1. The Hall–Kier alpha value is -1.59. The Kier molecular flexibility index (Phi) is 4.12. The molecule has 2 saturated heterocycles. The van der Waals surface area contributed by atoms with Crippen molar-refractivity contribution >= 4 is 11.6 Å². The first-order chi connectivity index (χ1) is 10.2. The van der Waals surface area contributed by atoms with E-state index < -0.39 is 0 Å². The number of hydrazine groups is 1. The number of carbonyl (C=O) groups is 1. The van der Waals surface area contributed by atoms with Gasteiger partial charge < -0.3 is 15.6 Å². The number of nitrogens with zero attached hydrogens (tertiary/aromatic N) is 1. The molecule has 0 aliphatic carbocycles. The Morgan fingerprint density at radius 2 is 1.81 bits per heavy atom. The van der Waals surface area contributed by atoms with Gasteiger partial charge in [0.1, 0.15) is 0 Å². The van der Waals surface area contributed by atoms with Crippen LogP contribution in [0.15, 0.2) is 24.3 Å². The SMILES string of the molecule is CN1C2CCCC1CC(NC(=O)c1ccc(NN)cc1)C2. The van der Waals surface area contributed by atoms with Crippen LogP contribution in [0, 0.1) is 0 Å². The largest absolute Gasteiger partial charge is 0.349 e. The average molecular weight is 288 g/mol. The number of benzene rings is 1. The first kappa shape index (κ1) is 14.4. The Morgan fingerprint density at radius 1 is 1.19 bits per heavy atom. The van der Waals surface area contributed by atoms with Crippen LogP contribution < -0.4 is 16.6 Å². The van der Waals surface area contributed by atoms with Crippen LogP contribution >= 0.6 is 0 Å². The van der Waals surface area contributed by atoms with Gasteiger partial charge >= 0.3 is 0 Å². The molecule has 3 rings (SSSR count). The van der Waals surface area contributed by atoms with Gasteiger partial charge in [0.05, 0.1) is 0 Å². The van der Waals surface area contributed by atoms with Crippen LogP contribution in [-0.2, 0) is 0 Å². The molecule has 2 aliphatic rings. The number of hydrogen-bond acceptors (Lipinski definition) is 4. The Balaban J connectivity index is 1.62. The number of nitrogens with two attached hydrogens (primary N) is 1. The third kappa shape index (κ3) is 3.04. The van der Waals surface area contributed by atoms with Gasteiger partial charge in [-0.2, -0.15) is 0 Å². The highest BCUT2D eigenvalue weighted by Gasteiger charge is 2.36. The summed E-state index contributed by atoms with van der Waals surface area (Å²) in [5.74, 6) is 5.36. The minimum atomic E-state index is 0.0196. The highest BCUT2D eigenvalue weighted by Crippen LogP contribution is 2.32. The lowest BCUT2D eigenvalue weighted by Crippen LogP contribution is -2.55. The molecule has 0 radical (unpaired) electrons. The maximum absolute atomic E-state index is 12.3. The van der Waals surface area contributed by atoms with Crippen LogP contribution in [0.1, 0.15) is 42.5 Å². The number of carbonyl (C=O) groups excluding carboxylic acids is 1. The van der Waals surface area contributed by atoms with Gasteiger partial charge in [0, 0.05) is 29.4 Å². The molecule has 2 heterocycles. The number of fused-ring (bicyclic) bond motifs is 2. The van der Waals surface area contributed by atoms with Crippen molar-refractivity contribution in [3.63, 3.8) is 0 Å². The maximum atomic E-state index is 12.3. The van der Waals surface area contributed by atoms with Gasteiger partial charge in [-0.1, -0.05) is 6.42 Å². The molecule has 0 saturated carbocycles. The fourth-order valence-corrected chi connectivity index (χ4v) is 3.72. The summed E-state index contributed by atoms with van der Waals surface area (Å²) in [6.45, 7) is 0. The third-order valence-corrected chi connectivity index (χ3v) is 4.99. The fraction of sp³-hybridized carbons (Fsp3) is 0.562. The van der Waals surface area contributed by atoms with Crippen LogP contribution in [0.5, 0.6) is 0 Å². The molecule has 2 fully saturated rings. The molecule has 2 unspecified atom stereocenters. The molecule has 1 amide bonds. The van der Waals surface area contributed by atoms with Crippen LogP contribution in [0.2, 0.25) is 0 Å². The minimum absolute atomic E-state index is 0.0196. The van der Waals surface area contributed by atoms with Gasteiger partial charge in [0.15, 0.2) is 0 Å². The molecule has 5 heteroatoms. The molecular formula is C16H24N4O. The molecular weight excluding hydrogens is 264 g/mol. The van der Waals surface area contributed by atoms with Gasteiger partial charge in [-0.3, -0.25) is 10.6 Å². The van der Waals surface area contributed by atoms with Crippen LogP contribution in [0.25, 0.3) is 0 Å². The van der Waals surface area contributed by atoms with Crippen LogP contribution in [0.4, 0.5) is 5.69 Å². The standard InChI is InChI=1S/C16H24N4O/c1-20-14-3-2-4-15(20)10-13(9-14)18-16(21)11-5-7-12(19-17)8-6-11/h5-8,13-15,19H,2-4,9-10,17H2,1H3,(H,18,21). The summed E-state index contributed by atoms with van der Waals surface area (Å²) in [6.07, 6.45) is 5.99. The molecule has 21 heavy (non-hydrogen) atoms. The average Bonchev–Trinajstić information content (AvgIpc) is 2.48. The smallest absolute Gasteiger partial charge is 0.251 e. The van der Waals surface area contributed by atoms with Gasteiger partial charge in [-0.15, -0.1) is 0 Å². The van der Waals surface area contributed by atoms with Crippen molar-refractivity contribution < 1.29 is 4.79 Å². The lowest BCUT2D eigenvalue weighted by molar-refractivity contribution is 0.0463. The molecule has 2 atom stereocenters. The van der Waals surface area contributed by atoms with E-state index >= 15 is 0 Å². The van der Waals surface area contributed by atoms with Crippen molar-refractivity contribution in [1.29, 1.82) is 0 Å². The van der Waals surface area contributed by atoms with E-state index in [1.165, 1.54) is 19.3 Å². The lowest BCUT2D eigenvalue weighted by atomic mass is 9.82. The molecule has 0 aromatic heterocycles. The molecule has 114 valence electrons. The monoisotopic (exact) mass is 288 g/mol. The van der Waals surface area contributed by atoms with E-state index in [9.17, 15) is 4.79 Å². The molecule has 2 aliphatic heterocycles. The number of rotatable bonds is 3. The summed E-state index contributed by atoms with van der Waals surface area (Å²) in [4.78, 5) is 14.8. The highest BCUT2D eigenvalue weighted by atomic mass is 16.1. The van der Waals surface area contributed by atoms with Crippen LogP contribution in [0.3, 0.4) is 0 Å². The second-order valence-electron chi connectivity index (χ2n) is 6.27. The van der Waals surface area contributed by atoms with Gasteiger partial charge in [-0.05, 0) is 57.0 Å². The van der Waals surface area contributed by atoms with E-state index in [1.807, 2.05) is 12.1 Å². The number of nitrogens with one attached hydrogen (secondary N) is 2. The van der Waals surface area contributed by atoms with Gasteiger partial charge in [-0.25, -0.2) is 0 Å². The Bertz CT molecular complexity index is 488. The normalized spacial score (nSPS) is 29.0. The predicted molar refractivity (Wildman–Crippen MR) is 83.9 cm³/mol. The number of nitrogen functional groups attached to an aromatic ring is 1. The minimum Gasteiger partial charge on any atom is -0.349 e. The van der Waals surface area contributed by atoms with Crippen molar-refractivity contribution in [2.75, 3.05) is 12.5 Å². The fourth-order valence-electron chi connectivity index (χ4n) is 3.72. The lowest BCUT2D eigenvalue weighted by Gasteiger charge is -2.47. The number of piperidine rings is 2.